The first kappa shape index (κ1) is 25.0. The van der Waals surface area contributed by atoms with Gasteiger partial charge in [0.2, 0.25) is 26.0 Å². The van der Waals surface area contributed by atoms with E-state index in [2.05, 4.69) is 15.9 Å². The molecule has 2 aliphatic rings. The van der Waals surface area contributed by atoms with Gasteiger partial charge in [-0.25, -0.2) is 26.9 Å². The molecule has 0 radical (unpaired) electrons. The van der Waals surface area contributed by atoms with Crippen molar-refractivity contribution in [3.8, 4) is 0 Å². The van der Waals surface area contributed by atoms with Gasteiger partial charge in [-0.05, 0) is 61.4 Å². The van der Waals surface area contributed by atoms with Crippen molar-refractivity contribution in [3.05, 3.63) is 53.0 Å². The average molecular weight is 570 g/mol. The van der Waals surface area contributed by atoms with Crippen molar-refractivity contribution in [3.63, 3.8) is 0 Å². The van der Waals surface area contributed by atoms with Gasteiger partial charge in [0, 0.05) is 10.5 Å². The van der Waals surface area contributed by atoms with Crippen LogP contribution in [0.3, 0.4) is 0 Å². The molecule has 12 heteroatoms. The van der Waals surface area contributed by atoms with Crippen LogP contribution in [-0.4, -0.2) is 45.0 Å². The number of hydrogen-bond acceptors (Lipinski definition) is 6. The maximum Gasteiger partial charge on any atom is 0.252 e. The second kappa shape index (κ2) is 9.50. The highest BCUT2D eigenvalue weighted by Crippen LogP contribution is 2.35. The number of hydrogen-bond donors (Lipinski definition) is 1. The lowest BCUT2D eigenvalue weighted by atomic mass is 9.94. The molecule has 4 rings (SSSR count). The molecule has 1 unspecified atom stereocenters. The number of primary sulfonamides is 1. The molecule has 182 valence electrons. The highest BCUT2D eigenvalue weighted by molar-refractivity contribution is 9.10. The number of halogens is 1. The fraction of sp³-hybridized carbons (Fsp3) is 0.364. The van der Waals surface area contributed by atoms with Crippen LogP contribution in [0.1, 0.15) is 38.5 Å². The molecule has 1 aliphatic heterocycles. The fourth-order valence-corrected chi connectivity index (χ4v) is 7.16. The number of nitrogens with zero attached hydrogens (tertiary/aromatic N) is 2. The summed E-state index contributed by atoms with van der Waals surface area (Å²) in [6.07, 6.45) is 3.59. The average Bonchev–Trinajstić information content (AvgIpc) is 3.07. The Bertz CT molecular complexity index is 1310. The molecule has 34 heavy (non-hydrogen) atoms. The standard InChI is InChI=1S/C22H24BrN3O6S2/c23-15-6-10-19(11-7-15)34(31,32)26(17-4-2-1-3-5-17)20-14-21(27)25(22(20)28)16-8-12-18(13-9-16)33(24,29)30/h6-13,17,20H,1-5,14H2,(H2,24,29,30). The molecule has 2 aromatic rings. The lowest BCUT2D eigenvalue weighted by Gasteiger charge is -2.36. The summed E-state index contributed by atoms with van der Waals surface area (Å²) in [5.41, 5.74) is 0.162. The van der Waals surface area contributed by atoms with E-state index in [1.807, 2.05) is 0 Å². The zero-order chi connectivity index (χ0) is 24.7. The summed E-state index contributed by atoms with van der Waals surface area (Å²) in [5, 5.41) is 5.12. The smallest absolute Gasteiger partial charge is 0.252 e. The highest BCUT2D eigenvalue weighted by Gasteiger charge is 2.49. The molecule has 1 saturated carbocycles. The first-order chi connectivity index (χ1) is 16.0. The fourth-order valence-electron chi connectivity index (χ4n) is 4.55. The van der Waals surface area contributed by atoms with E-state index in [0.717, 1.165) is 28.6 Å². The molecule has 1 heterocycles. The van der Waals surface area contributed by atoms with Crippen LogP contribution in [0.25, 0.3) is 0 Å². The molecular formula is C22H24BrN3O6S2. The van der Waals surface area contributed by atoms with Crippen molar-refractivity contribution < 1.29 is 26.4 Å². The largest absolute Gasteiger partial charge is 0.274 e. The molecule has 9 nitrogen and oxygen atoms in total. The molecule has 0 aromatic heterocycles. The van der Waals surface area contributed by atoms with Gasteiger partial charge in [0.15, 0.2) is 0 Å². The normalized spacial score (nSPS) is 20.3. The zero-order valence-electron chi connectivity index (χ0n) is 18.1. The Kier molecular flexibility index (Phi) is 6.98. The van der Waals surface area contributed by atoms with E-state index in [1.165, 1.54) is 40.7 Å². The second-order valence-corrected chi connectivity index (χ2v) is 12.7. The van der Waals surface area contributed by atoms with Crippen molar-refractivity contribution in [2.24, 2.45) is 5.14 Å². The van der Waals surface area contributed by atoms with Gasteiger partial charge >= 0.3 is 0 Å². The predicted molar refractivity (Wildman–Crippen MR) is 129 cm³/mol. The Morgan fingerprint density at radius 2 is 1.41 bits per heavy atom. The summed E-state index contributed by atoms with van der Waals surface area (Å²) in [7, 11) is -8.01. The number of rotatable bonds is 6. The van der Waals surface area contributed by atoms with E-state index in [-0.39, 0.29) is 21.9 Å². The molecule has 2 amide bonds. The first-order valence-electron chi connectivity index (χ1n) is 10.8. The topological polar surface area (TPSA) is 135 Å². The first-order valence-corrected chi connectivity index (χ1v) is 14.6. The number of amides is 2. The van der Waals surface area contributed by atoms with Gasteiger partial charge in [0.1, 0.15) is 6.04 Å². The van der Waals surface area contributed by atoms with Crippen LogP contribution < -0.4 is 10.0 Å². The molecular weight excluding hydrogens is 546 g/mol. The second-order valence-electron chi connectivity index (χ2n) is 8.41. The van der Waals surface area contributed by atoms with Crippen LogP contribution in [0.2, 0.25) is 0 Å². The maximum atomic E-state index is 13.7. The number of nitrogens with two attached hydrogens (primary N) is 1. The quantitative estimate of drug-likeness (QED) is 0.531. The summed E-state index contributed by atoms with van der Waals surface area (Å²) in [6, 6.07) is 9.64. The number of imide groups is 1. The van der Waals surface area contributed by atoms with E-state index in [9.17, 15) is 26.4 Å². The summed E-state index contributed by atoms with van der Waals surface area (Å²) >= 11 is 3.30. The third-order valence-corrected chi connectivity index (χ3v) is 9.61. The monoisotopic (exact) mass is 569 g/mol. The third kappa shape index (κ3) is 4.82. The van der Waals surface area contributed by atoms with Gasteiger partial charge in [0.25, 0.3) is 5.91 Å². The number of anilines is 1. The van der Waals surface area contributed by atoms with E-state index in [0.29, 0.717) is 12.8 Å². The van der Waals surface area contributed by atoms with Gasteiger partial charge in [-0.3, -0.25) is 9.59 Å². The predicted octanol–water partition coefficient (Wildman–Crippen LogP) is 2.75. The molecule has 0 spiro atoms. The van der Waals surface area contributed by atoms with Gasteiger partial charge in [-0.15, -0.1) is 0 Å². The van der Waals surface area contributed by atoms with Crippen molar-refractivity contribution in [1.29, 1.82) is 0 Å². The number of carbonyl (C=O) groups is 2. The molecule has 1 saturated heterocycles. The lowest BCUT2D eigenvalue weighted by Crippen LogP contribution is -2.51. The van der Waals surface area contributed by atoms with E-state index in [4.69, 9.17) is 5.14 Å². The Balaban J connectivity index is 1.71. The van der Waals surface area contributed by atoms with Crippen molar-refractivity contribution in [1.82, 2.24) is 4.31 Å². The van der Waals surface area contributed by atoms with Gasteiger partial charge in [-0.1, -0.05) is 35.2 Å². The lowest BCUT2D eigenvalue weighted by molar-refractivity contribution is -0.122. The maximum absolute atomic E-state index is 13.7. The van der Waals surface area contributed by atoms with Crippen LogP contribution in [0.5, 0.6) is 0 Å². The SMILES string of the molecule is NS(=O)(=O)c1ccc(N2C(=O)CC(N(C3CCCCC3)S(=O)(=O)c3ccc(Br)cc3)C2=O)cc1. The van der Waals surface area contributed by atoms with Gasteiger partial charge in [-0.2, -0.15) is 4.31 Å². The van der Waals surface area contributed by atoms with Crippen LogP contribution in [0.4, 0.5) is 5.69 Å². The Morgan fingerprint density at radius 1 is 0.853 bits per heavy atom. The molecule has 1 aliphatic carbocycles. The minimum absolute atomic E-state index is 0.0532. The van der Waals surface area contributed by atoms with Crippen molar-refractivity contribution in [2.75, 3.05) is 4.90 Å². The molecule has 1 atom stereocenters. The number of benzene rings is 2. The summed E-state index contributed by atoms with van der Waals surface area (Å²) in [5.74, 6) is -1.20. The van der Waals surface area contributed by atoms with E-state index >= 15 is 0 Å². The van der Waals surface area contributed by atoms with Gasteiger partial charge < -0.3 is 0 Å². The van der Waals surface area contributed by atoms with Crippen LogP contribution in [0, 0.1) is 0 Å². The Labute approximate surface area is 207 Å². The molecule has 0 bridgehead atoms. The number of sulfonamides is 2. The summed E-state index contributed by atoms with van der Waals surface area (Å²) < 4.78 is 52.5. The van der Waals surface area contributed by atoms with E-state index < -0.39 is 43.9 Å². The third-order valence-electron chi connectivity index (χ3n) is 6.18. The molecule has 2 fully saturated rings. The van der Waals surface area contributed by atoms with Crippen LogP contribution in [-0.2, 0) is 29.6 Å². The van der Waals surface area contributed by atoms with E-state index in [1.54, 1.807) is 12.1 Å². The van der Waals surface area contributed by atoms with Gasteiger partial charge in [0.05, 0.1) is 21.9 Å². The Hall–Kier alpha value is -2.12. The Morgan fingerprint density at radius 3 is 1.97 bits per heavy atom. The highest BCUT2D eigenvalue weighted by atomic mass is 79.9. The number of carbonyl (C=O) groups excluding carboxylic acids is 2. The summed E-state index contributed by atoms with van der Waals surface area (Å²) in [4.78, 5) is 27.2. The molecule has 2 N–H and O–H groups in total. The van der Waals surface area contributed by atoms with Crippen LogP contribution in [0.15, 0.2) is 62.8 Å². The van der Waals surface area contributed by atoms with Crippen molar-refractivity contribution >= 4 is 53.5 Å². The summed E-state index contributed by atoms with van der Waals surface area (Å²) in [6.45, 7) is 0. The molecule has 2 aromatic carbocycles. The zero-order valence-corrected chi connectivity index (χ0v) is 21.4. The minimum atomic E-state index is -4.07. The van der Waals surface area contributed by atoms with Crippen LogP contribution >= 0.6 is 15.9 Å². The van der Waals surface area contributed by atoms with Crippen molar-refractivity contribution in [2.45, 2.75) is 60.4 Å². The minimum Gasteiger partial charge on any atom is -0.274 e.